The molecule has 4 nitrogen and oxygen atoms in total. The third-order valence-corrected chi connectivity index (χ3v) is 6.24. The first kappa shape index (κ1) is 14.0. The first-order valence-electron chi connectivity index (χ1n) is 8.48. The van der Waals surface area contributed by atoms with E-state index in [0.29, 0.717) is 0 Å². The van der Waals surface area contributed by atoms with E-state index < -0.39 is 0 Å². The van der Waals surface area contributed by atoms with Crippen molar-refractivity contribution in [1.29, 1.82) is 0 Å². The van der Waals surface area contributed by atoms with Crippen molar-refractivity contribution in [1.82, 2.24) is 15.2 Å². The average molecular weight is 306 g/mol. The molecule has 1 unspecified atom stereocenters. The zero-order valence-corrected chi connectivity index (χ0v) is 13.8. The van der Waals surface area contributed by atoms with Gasteiger partial charge in [0.15, 0.2) is 5.13 Å². The number of hydrogen-bond donors (Lipinski definition) is 1. The predicted octanol–water partition coefficient (Wildman–Crippen LogP) is 2.41. The lowest BCUT2D eigenvalue weighted by Crippen LogP contribution is -2.35. The minimum absolute atomic E-state index is 0.760. The average Bonchev–Trinajstić information content (AvgIpc) is 2.95. The third kappa shape index (κ3) is 2.83. The van der Waals surface area contributed by atoms with E-state index in [1.807, 2.05) is 18.4 Å². The number of nitrogens with one attached hydrogen (secondary N) is 1. The zero-order chi connectivity index (χ0) is 14.2. The number of likely N-dealkylation sites (tertiary alicyclic amines) is 1. The Morgan fingerprint density at radius 3 is 2.71 bits per heavy atom. The van der Waals surface area contributed by atoms with Gasteiger partial charge in [-0.05, 0) is 52.2 Å². The normalized spacial score (nSPS) is 26.9. The van der Waals surface area contributed by atoms with Crippen LogP contribution >= 0.6 is 11.3 Å². The molecule has 1 aromatic heterocycles. The van der Waals surface area contributed by atoms with E-state index in [9.17, 15) is 0 Å². The lowest BCUT2D eigenvalue weighted by Gasteiger charge is -2.23. The van der Waals surface area contributed by atoms with Crippen molar-refractivity contribution in [2.24, 2.45) is 0 Å². The molecule has 0 aromatic carbocycles. The van der Waals surface area contributed by atoms with Gasteiger partial charge < -0.3 is 10.2 Å². The molecule has 5 heteroatoms. The Labute approximate surface area is 131 Å². The smallest absolute Gasteiger partial charge is 0.185 e. The fourth-order valence-corrected chi connectivity index (χ4v) is 4.96. The third-order valence-electron chi connectivity index (χ3n) is 5.11. The maximum absolute atomic E-state index is 5.02. The summed E-state index contributed by atoms with van der Waals surface area (Å²) in [6, 6.07) is 0.772. The van der Waals surface area contributed by atoms with Gasteiger partial charge in [0.05, 0.1) is 5.69 Å². The van der Waals surface area contributed by atoms with Crippen LogP contribution in [-0.2, 0) is 6.54 Å². The number of rotatable bonds is 5. The molecule has 1 saturated carbocycles. The largest absolute Gasteiger partial charge is 0.346 e. The number of nitrogens with zero attached hydrogens (tertiary/aromatic N) is 3. The Hall–Kier alpha value is -0.650. The highest BCUT2D eigenvalue weighted by Crippen LogP contribution is 2.44. The molecule has 0 radical (unpaired) electrons. The van der Waals surface area contributed by atoms with Gasteiger partial charge in [-0.25, -0.2) is 4.98 Å². The topological polar surface area (TPSA) is 31.4 Å². The van der Waals surface area contributed by atoms with Gasteiger partial charge in [-0.15, -0.1) is 11.3 Å². The van der Waals surface area contributed by atoms with Crippen LogP contribution in [0.2, 0.25) is 0 Å². The summed E-state index contributed by atoms with van der Waals surface area (Å²) in [5.74, 6) is 0.760. The quantitative estimate of drug-likeness (QED) is 0.905. The van der Waals surface area contributed by atoms with Gasteiger partial charge in [0.1, 0.15) is 0 Å². The van der Waals surface area contributed by atoms with E-state index in [-0.39, 0.29) is 0 Å². The van der Waals surface area contributed by atoms with Gasteiger partial charge in [0.25, 0.3) is 0 Å². The van der Waals surface area contributed by atoms with Crippen LogP contribution < -0.4 is 10.2 Å². The van der Waals surface area contributed by atoms with E-state index in [4.69, 9.17) is 4.98 Å². The van der Waals surface area contributed by atoms with Gasteiger partial charge in [-0.3, -0.25) is 4.90 Å². The standard InChI is InChI=1S/C16H26N4S/c1-17-10-14-15(12-4-5-12)18-16(21-14)20-9-6-13(11-20)19-7-2-3-8-19/h12-13,17H,2-11H2,1H3. The highest BCUT2D eigenvalue weighted by atomic mass is 32.1. The molecule has 2 aliphatic heterocycles. The van der Waals surface area contributed by atoms with Crippen molar-refractivity contribution in [2.75, 3.05) is 38.1 Å². The Kier molecular flexibility index (Phi) is 3.90. The monoisotopic (exact) mass is 306 g/mol. The van der Waals surface area contributed by atoms with Crippen LogP contribution in [0.25, 0.3) is 0 Å². The van der Waals surface area contributed by atoms with Gasteiger partial charge >= 0.3 is 0 Å². The van der Waals surface area contributed by atoms with Crippen molar-refractivity contribution in [3.8, 4) is 0 Å². The molecule has 3 heterocycles. The van der Waals surface area contributed by atoms with Crippen LogP contribution in [-0.4, -0.2) is 49.2 Å². The van der Waals surface area contributed by atoms with Crippen molar-refractivity contribution >= 4 is 16.5 Å². The summed E-state index contributed by atoms with van der Waals surface area (Å²) in [5, 5.41) is 4.59. The SMILES string of the molecule is CNCc1sc(N2CCC(N3CCCC3)C2)nc1C1CC1. The van der Waals surface area contributed by atoms with Gasteiger partial charge in [0.2, 0.25) is 0 Å². The first-order chi connectivity index (χ1) is 10.3. The molecule has 3 aliphatic rings. The Morgan fingerprint density at radius 1 is 1.19 bits per heavy atom. The second-order valence-corrected chi connectivity index (χ2v) is 7.80. The van der Waals surface area contributed by atoms with Crippen molar-refractivity contribution < 1.29 is 0 Å². The fraction of sp³-hybridized carbons (Fsp3) is 0.812. The van der Waals surface area contributed by atoms with E-state index in [0.717, 1.165) is 18.5 Å². The summed E-state index contributed by atoms with van der Waals surface area (Å²) >= 11 is 1.93. The fourth-order valence-electron chi connectivity index (χ4n) is 3.77. The number of hydrogen-bond acceptors (Lipinski definition) is 5. The molecule has 1 N–H and O–H groups in total. The zero-order valence-electron chi connectivity index (χ0n) is 13.0. The minimum atomic E-state index is 0.760. The molecule has 1 aliphatic carbocycles. The number of anilines is 1. The van der Waals surface area contributed by atoms with Crippen LogP contribution in [0.3, 0.4) is 0 Å². The highest BCUT2D eigenvalue weighted by Gasteiger charge is 2.33. The number of aromatic nitrogens is 1. The van der Waals surface area contributed by atoms with Crippen LogP contribution in [0.1, 0.15) is 48.6 Å². The second kappa shape index (κ2) is 5.86. The van der Waals surface area contributed by atoms with Crippen molar-refractivity contribution in [3.05, 3.63) is 10.6 Å². The van der Waals surface area contributed by atoms with Gasteiger partial charge in [-0.2, -0.15) is 0 Å². The predicted molar refractivity (Wildman–Crippen MR) is 88.3 cm³/mol. The molecular formula is C16H26N4S. The molecule has 0 spiro atoms. The Bertz CT molecular complexity index is 490. The van der Waals surface area contributed by atoms with Crippen LogP contribution in [0.15, 0.2) is 0 Å². The second-order valence-electron chi connectivity index (χ2n) is 6.74. The number of thiazole rings is 1. The van der Waals surface area contributed by atoms with Crippen LogP contribution in [0.5, 0.6) is 0 Å². The Balaban J connectivity index is 1.47. The molecule has 116 valence electrons. The van der Waals surface area contributed by atoms with Crippen LogP contribution in [0.4, 0.5) is 5.13 Å². The summed E-state index contributed by atoms with van der Waals surface area (Å²) in [6.07, 6.45) is 6.80. The molecule has 2 saturated heterocycles. The minimum Gasteiger partial charge on any atom is -0.346 e. The van der Waals surface area contributed by atoms with E-state index >= 15 is 0 Å². The molecule has 0 amide bonds. The molecule has 1 atom stereocenters. The molecule has 0 bridgehead atoms. The van der Waals surface area contributed by atoms with Crippen molar-refractivity contribution in [2.45, 2.75) is 50.6 Å². The maximum atomic E-state index is 5.02. The lowest BCUT2D eigenvalue weighted by atomic mass is 10.2. The Morgan fingerprint density at radius 2 is 2.00 bits per heavy atom. The van der Waals surface area contributed by atoms with E-state index in [2.05, 4.69) is 15.1 Å². The van der Waals surface area contributed by atoms with Crippen LogP contribution in [0, 0.1) is 0 Å². The summed E-state index contributed by atoms with van der Waals surface area (Å²) in [5.41, 5.74) is 1.40. The van der Waals surface area contributed by atoms with Crippen molar-refractivity contribution in [3.63, 3.8) is 0 Å². The lowest BCUT2D eigenvalue weighted by molar-refractivity contribution is 0.260. The van der Waals surface area contributed by atoms with E-state index in [1.165, 1.54) is 74.0 Å². The molecule has 1 aromatic rings. The summed E-state index contributed by atoms with van der Waals surface area (Å²) in [6.45, 7) is 5.99. The molecule has 3 fully saturated rings. The first-order valence-corrected chi connectivity index (χ1v) is 9.30. The summed E-state index contributed by atoms with van der Waals surface area (Å²) in [4.78, 5) is 11.7. The molecule has 4 rings (SSSR count). The molecular weight excluding hydrogens is 280 g/mol. The van der Waals surface area contributed by atoms with Gasteiger partial charge in [0, 0.05) is 36.5 Å². The summed E-state index contributed by atoms with van der Waals surface area (Å²) in [7, 11) is 2.04. The maximum Gasteiger partial charge on any atom is 0.185 e. The highest BCUT2D eigenvalue weighted by molar-refractivity contribution is 7.15. The van der Waals surface area contributed by atoms with E-state index in [1.54, 1.807) is 0 Å². The molecule has 21 heavy (non-hydrogen) atoms. The summed E-state index contributed by atoms with van der Waals surface area (Å²) < 4.78 is 0. The van der Waals surface area contributed by atoms with Gasteiger partial charge in [-0.1, -0.05) is 0 Å².